The molecule has 8 nitrogen and oxygen atoms in total. The summed E-state index contributed by atoms with van der Waals surface area (Å²) in [7, 11) is 7.05. The summed E-state index contributed by atoms with van der Waals surface area (Å²) in [5.41, 5.74) is 0. The first-order chi connectivity index (χ1) is 18.7. The summed E-state index contributed by atoms with van der Waals surface area (Å²) in [5, 5.41) is 19.2. The number of unbranched alkanes of at least 4 members (excludes halogenated alkanes) is 3. The van der Waals surface area contributed by atoms with Gasteiger partial charge in [-0.1, -0.05) is 89.6 Å². The Bertz CT molecular complexity index is 804. The van der Waals surface area contributed by atoms with Crippen molar-refractivity contribution < 1.29 is 29.4 Å². The second kappa shape index (κ2) is 18.7. The van der Waals surface area contributed by atoms with E-state index in [2.05, 4.69) is 6.92 Å². The molecule has 224 valence electrons. The predicted molar refractivity (Wildman–Crippen MR) is 165 cm³/mol. The van der Waals surface area contributed by atoms with Gasteiger partial charge in [0.2, 0.25) is 11.8 Å². The van der Waals surface area contributed by atoms with Crippen LogP contribution in [-0.2, 0) is 19.2 Å². The van der Waals surface area contributed by atoms with E-state index < -0.39 is 24.0 Å². The zero-order chi connectivity index (χ0) is 28.8. The molecule has 12 heteroatoms. The first-order valence-electron chi connectivity index (χ1n) is 14.3. The highest BCUT2D eigenvalue weighted by atomic mass is 33.1. The normalized spacial score (nSPS) is 21.6. The van der Waals surface area contributed by atoms with E-state index in [1.165, 1.54) is 30.6 Å². The molecule has 39 heavy (non-hydrogen) atoms. The summed E-state index contributed by atoms with van der Waals surface area (Å²) in [4.78, 5) is 51.5. The molecule has 0 spiro atoms. The zero-order valence-electron chi connectivity index (χ0n) is 23.5. The minimum atomic E-state index is -0.908. The Kier molecular flexibility index (Phi) is 16.5. The van der Waals surface area contributed by atoms with Gasteiger partial charge >= 0.3 is 11.9 Å². The molecule has 0 saturated carbocycles. The highest BCUT2D eigenvalue weighted by molar-refractivity contribution is 8.77. The minimum absolute atomic E-state index is 0.0493. The van der Waals surface area contributed by atoms with E-state index in [1.54, 1.807) is 37.3 Å². The van der Waals surface area contributed by atoms with Gasteiger partial charge < -0.3 is 20.0 Å². The van der Waals surface area contributed by atoms with Crippen molar-refractivity contribution in [3.05, 3.63) is 0 Å². The number of carbonyl (C=O) groups is 4. The average molecular weight is 623 g/mol. The Morgan fingerprint density at radius 2 is 1.31 bits per heavy atom. The van der Waals surface area contributed by atoms with Gasteiger partial charge in [0, 0.05) is 47.4 Å². The minimum Gasteiger partial charge on any atom is -0.480 e. The van der Waals surface area contributed by atoms with Gasteiger partial charge in [0.05, 0.1) is 0 Å². The van der Waals surface area contributed by atoms with Crippen molar-refractivity contribution in [1.29, 1.82) is 0 Å². The Morgan fingerprint density at radius 3 is 1.82 bits per heavy atom. The highest BCUT2D eigenvalue weighted by Crippen LogP contribution is 2.36. The Hall–Kier alpha value is -0.720. The van der Waals surface area contributed by atoms with Crippen LogP contribution in [0.2, 0.25) is 0 Å². The fourth-order valence-electron chi connectivity index (χ4n) is 4.95. The van der Waals surface area contributed by atoms with Crippen molar-refractivity contribution in [2.45, 2.75) is 102 Å². The van der Waals surface area contributed by atoms with Crippen molar-refractivity contribution in [2.24, 2.45) is 11.8 Å². The third kappa shape index (κ3) is 11.6. The van der Waals surface area contributed by atoms with Gasteiger partial charge in [-0.15, -0.1) is 0 Å². The molecule has 2 aliphatic rings. The molecule has 0 aromatic carbocycles. The largest absolute Gasteiger partial charge is 0.480 e. The summed E-state index contributed by atoms with van der Waals surface area (Å²) in [6.07, 6.45) is 9.64. The molecule has 2 fully saturated rings. The Morgan fingerprint density at radius 1 is 0.769 bits per heavy atom. The number of amides is 2. The topological polar surface area (TPSA) is 115 Å². The number of carboxylic acids is 2. The maximum atomic E-state index is 12.8. The maximum Gasteiger partial charge on any atom is 0.326 e. The molecule has 2 rings (SSSR count). The fraction of sp³-hybridized carbons (Fsp3) is 0.852. The monoisotopic (exact) mass is 622 g/mol. The highest BCUT2D eigenvalue weighted by Gasteiger charge is 2.36. The number of rotatable bonds is 19. The van der Waals surface area contributed by atoms with E-state index in [4.69, 9.17) is 0 Å². The lowest BCUT2D eigenvalue weighted by molar-refractivity contribution is -0.149. The zero-order valence-corrected chi connectivity index (χ0v) is 26.8. The lowest BCUT2D eigenvalue weighted by Gasteiger charge is -2.25. The van der Waals surface area contributed by atoms with Crippen LogP contribution in [0.4, 0.5) is 0 Å². The van der Waals surface area contributed by atoms with Crippen molar-refractivity contribution in [3.8, 4) is 0 Å². The van der Waals surface area contributed by atoms with Crippen LogP contribution in [0.15, 0.2) is 0 Å². The maximum absolute atomic E-state index is 12.8. The molecule has 2 heterocycles. The summed E-state index contributed by atoms with van der Waals surface area (Å²) >= 11 is 0. The SMILES string of the molecule is CCCCCCC(CCSSCC(C)C(=O)N1CCCC1C(=O)O)SSCC(C)C(=O)N1CCCC1C(=O)O. The van der Waals surface area contributed by atoms with Crippen LogP contribution in [0.5, 0.6) is 0 Å². The van der Waals surface area contributed by atoms with Crippen molar-refractivity contribution >= 4 is 66.9 Å². The molecule has 5 unspecified atom stereocenters. The third-order valence-electron chi connectivity index (χ3n) is 7.31. The van der Waals surface area contributed by atoms with Gasteiger partial charge in [0.25, 0.3) is 0 Å². The quantitative estimate of drug-likeness (QED) is 0.133. The van der Waals surface area contributed by atoms with E-state index in [-0.39, 0.29) is 23.7 Å². The molecule has 2 amide bonds. The van der Waals surface area contributed by atoms with Gasteiger partial charge in [-0.3, -0.25) is 9.59 Å². The number of aliphatic carboxylic acids is 2. The molecule has 0 bridgehead atoms. The van der Waals surface area contributed by atoms with Crippen LogP contribution in [0, 0.1) is 11.8 Å². The van der Waals surface area contributed by atoms with Crippen molar-refractivity contribution in [3.63, 3.8) is 0 Å². The predicted octanol–water partition coefficient (Wildman–Crippen LogP) is 5.90. The molecule has 0 aromatic heterocycles. The molecular weight excluding hydrogens is 577 g/mol. The number of hydrogen-bond acceptors (Lipinski definition) is 8. The number of hydrogen-bond donors (Lipinski definition) is 2. The van der Waals surface area contributed by atoms with Crippen LogP contribution in [-0.4, -0.2) is 91.4 Å². The van der Waals surface area contributed by atoms with E-state index in [1.807, 2.05) is 24.6 Å². The van der Waals surface area contributed by atoms with Crippen molar-refractivity contribution in [2.75, 3.05) is 30.3 Å². The first-order valence-corrected chi connectivity index (χ1v) is 19.1. The van der Waals surface area contributed by atoms with Crippen LogP contribution < -0.4 is 0 Å². The number of nitrogens with zero attached hydrogens (tertiary/aromatic N) is 2. The number of carboxylic acid groups (broad SMARTS) is 2. The van der Waals surface area contributed by atoms with E-state index in [0.29, 0.717) is 42.7 Å². The summed E-state index contributed by atoms with van der Waals surface area (Å²) in [6.45, 7) is 7.07. The number of likely N-dealkylation sites (tertiary alicyclic amines) is 2. The molecule has 2 aliphatic heterocycles. The third-order valence-corrected chi connectivity index (χ3v) is 13.1. The van der Waals surface area contributed by atoms with Crippen LogP contribution in [0.3, 0.4) is 0 Å². The van der Waals surface area contributed by atoms with Crippen LogP contribution >= 0.6 is 43.2 Å². The van der Waals surface area contributed by atoms with E-state index in [0.717, 1.165) is 31.4 Å². The number of carbonyl (C=O) groups excluding carboxylic acids is 2. The lowest BCUT2D eigenvalue weighted by atomic mass is 10.1. The van der Waals surface area contributed by atoms with Crippen molar-refractivity contribution in [1.82, 2.24) is 9.80 Å². The van der Waals surface area contributed by atoms with Gasteiger partial charge in [-0.25, -0.2) is 9.59 Å². The molecular formula is C27H46N2O6S4. The average Bonchev–Trinajstić information content (AvgIpc) is 3.60. The molecule has 0 aromatic rings. The standard InChI is InChI=1S/C27H46N2O6S4/c1-4-5-6-7-10-21(39-38-18-20(3)25(31)29-15-9-12-23(29)27(34)35)13-16-36-37-17-19(2)24(30)28-14-8-11-22(28)26(32)33/h19-23H,4-18H2,1-3H3,(H,32,33)(H,34,35). The van der Waals surface area contributed by atoms with Crippen LogP contribution in [0.25, 0.3) is 0 Å². The van der Waals surface area contributed by atoms with Crippen LogP contribution in [0.1, 0.15) is 85.0 Å². The van der Waals surface area contributed by atoms with E-state index >= 15 is 0 Å². The first kappa shape index (κ1) is 34.5. The van der Waals surface area contributed by atoms with Gasteiger partial charge in [0.15, 0.2) is 0 Å². The molecule has 0 aliphatic carbocycles. The smallest absolute Gasteiger partial charge is 0.326 e. The summed E-state index contributed by atoms with van der Waals surface area (Å²) in [6, 6.07) is -1.35. The van der Waals surface area contributed by atoms with Gasteiger partial charge in [0.1, 0.15) is 12.1 Å². The van der Waals surface area contributed by atoms with E-state index in [9.17, 15) is 29.4 Å². The fourth-order valence-corrected chi connectivity index (χ4v) is 10.7. The molecule has 2 saturated heterocycles. The van der Waals surface area contributed by atoms with Gasteiger partial charge in [-0.05, 0) is 38.5 Å². The summed E-state index contributed by atoms with van der Waals surface area (Å²) in [5.74, 6) is -0.00667. The lowest BCUT2D eigenvalue weighted by Crippen LogP contribution is -2.43. The molecule has 2 N–H and O–H groups in total. The Balaban J connectivity index is 1.72. The molecule has 0 radical (unpaired) electrons. The van der Waals surface area contributed by atoms with Gasteiger partial charge in [-0.2, -0.15) is 0 Å². The Labute approximate surface area is 249 Å². The second-order valence-electron chi connectivity index (χ2n) is 10.6. The molecule has 5 atom stereocenters. The second-order valence-corrected chi connectivity index (χ2v) is 15.9. The summed E-state index contributed by atoms with van der Waals surface area (Å²) < 4.78 is 0.